The lowest BCUT2D eigenvalue weighted by molar-refractivity contribution is -0.118. The third-order valence-electron chi connectivity index (χ3n) is 3.73. The van der Waals surface area contributed by atoms with Crippen LogP contribution in [0.3, 0.4) is 0 Å². The standard InChI is InChI=1S/C14H17N3O2.ClH/c15-14(6-7-14)13(19)16-10-3-1-4-11(9-10)17-8-2-5-12(17)18;/h1,3-4,9H,2,5-8,15H2,(H,16,19);1H. The molecule has 1 heterocycles. The first-order chi connectivity index (χ1) is 9.08. The molecule has 1 aliphatic carbocycles. The number of carbonyl (C=O) groups excluding carboxylic acids is 2. The number of nitrogens with one attached hydrogen (secondary N) is 1. The molecule has 108 valence electrons. The van der Waals surface area contributed by atoms with Crippen LogP contribution >= 0.6 is 12.4 Å². The Morgan fingerprint density at radius 2 is 2.10 bits per heavy atom. The van der Waals surface area contributed by atoms with E-state index in [-0.39, 0.29) is 24.2 Å². The van der Waals surface area contributed by atoms with Crippen LogP contribution in [0.15, 0.2) is 24.3 Å². The van der Waals surface area contributed by atoms with Crippen LogP contribution in [0, 0.1) is 0 Å². The van der Waals surface area contributed by atoms with Gasteiger partial charge in [-0.1, -0.05) is 6.07 Å². The summed E-state index contributed by atoms with van der Waals surface area (Å²) >= 11 is 0. The molecule has 20 heavy (non-hydrogen) atoms. The molecule has 2 aliphatic rings. The van der Waals surface area contributed by atoms with E-state index >= 15 is 0 Å². The summed E-state index contributed by atoms with van der Waals surface area (Å²) in [5.74, 6) is -0.00152. The van der Waals surface area contributed by atoms with Gasteiger partial charge in [0.05, 0.1) is 5.54 Å². The van der Waals surface area contributed by atoms with E-state index in [4.69, 9.17) is 5.73 Å². The molecule has 1 aliphatic heterocycles. The molecule has 1 saturated heterocycles. The first-order valence-electron chi connectivity index (χ1n) is 6.59. The van der Waals surface area contributed by atoms with Crippen LogP contribution in [0.2, 0.25) is 0 Å². The van der Waals surface area contributed by atoms with Crippen molar-refractivity contribution < 1.29 is 9.59 Å². The topological polar surface area (TPSA) is 75.4 Å². The van der Waals surface area contributed by atoms with Crippen LogP contribution in [0.25, 0.3) is 0 Å². The van der Waals surface area contributed by atoms with E-state index in [0.717, 1.165) is 31.5 Å². The summed E-state index contributed by atoms with van der Waals surface area (Å²) in [7, 11) is 0. The van der Waals surface area contributed by atoms with Crippen molar-refractivity contribution in [3.05, 3.63) is 24.3 Å². The Kier molecular flexibility index (Phi) is 4.01. The van der Waals surface area contributed by atoms with Crippen molar-refractivity contribution in [1.29, 1.82) is 0 Å². The molecule has 0 aromatic heterocycles. The monoisotopic (exact) mass is 295 g/mol. The summed E-state index contributed by atoms with van der Waals surface area (Å²) < 4.78 is 0. The van der Waals surface area contributed by atoms with Crippen molar-refractivity contribution in [2.45, 2.75) is 31.2 Å². The van der Waals surface area contributed by atoms with E-state index in [1.54, 1.807) is 4.90 Å². The van der Waals surface area contributed by atoms with Gasteiger partial charge in [-0.15, -0.1) is 12.4 Å². The van der Waals surface area contributed by atoms with Gasteiger partial charge in [-0.3, -0.25) is 9.59 Å². The van der Waals surface area contributed by atoms with Gasteiger partial charge in [0.15, 0.2) is 0 Å². The molecular formula is C14H18ClN3O2. The summed E-state index contributed by atoms with van der Waals surface area (Å²) in [6, 6.07) is 7.36. The van der Waals surface area contributed by atoms with E-state index in [1.165, 1.54) is 0 Å². The third kappa shape index (κ3) is 2.78. The molecule has 0 radical (unpaired) electrons. The van der Waals surface area contributed by atoms with Gasteiger partial charge in [-0.05, 0) is 37.5 Å². The zero-order valence-electron chi connectivity index (χ0n) is 11.1. The Morgan fingerprint density at radius 1 is 1.35 bits per heavy atom. The minimum Gasteiger partial charge on any atom is -0.324 e. The predicted molar refractivity (Wildman–Crippen MR) is 80.1 cm³/mol. The van der Waals surface area contributed by atoms with Gasteiger partial charge < -0.3 is 16.0 Å². The lowest BCUT2D eigenvalue weighted by Crippen LogP contribution is -2.37. The van der Waals surface area contributed by atoms with Gasteiger partial charge in [-0.2, -0.15) is 0 Å². The van der Waals surface area contributed by atoms with Crippen LogP contribution in [0.4, 0.5) is 11.4 Å². The Hall–Kier alpha value is -1.59. The number of anilines is 2. The van der Waals surface area contributed by atoms with Crippen molar-refractivity contribution in [1.82, 2.24) is 0 Å². The van der Waals surface area contributed by atoms with Gasteiger partial charge in [0.25, 0.3) is 0 Å². The highest BCUT2D eigenvalue weighted by atomic mass is 35.5. The molecule has 1 saturated carbocycles. The zero-order valence-corrected chi connectivity index (χ0v) is 11.9. The van der Waals surface area contributed by atoms with Crippen LogP contribution < -0.4 is 16.0 Å². The van der Waals surface area contributed by atoms with Crippen molar-refractivity contribution in [2.75, 3.05) is 16.8 Å². The predicted octanol–water partition coefficient (Wildman–Crippen LogP) is 1.67. The molecule has 3 N–H and O–H groups in total. The second-order valence-electron chi connectivity index (χ2n) is 5.31. The maximum absolute atomic E-state index is 11.9. The number of carbonyl (C=O) groups is 2. The molecule has 2 amide bonds. The highest BCUT2D eigenvalue weighted by Crippen LogP contribution is 2.33. The fraction of sp³-hybridized carbons (Fsp3) is 0.429. The minimum atomic E-state index is -0.681. The summed E-state index contributed by atoms with van der Waals surface area (Å²) in [6.45, 7) is 0.747. The molecule has 1 aromatic carbocycles. The molecule has 3 rings (SSSR count). The van der Waals surface area contributed by atoms with Crippen molar-refractivity contribution in [2.24, 2.45) is 5.73 Å². The molecule has 0 atom stereocenters. The Morgan fingerprint density at radius 3 is 2.70 bits per heavy atom. The quantitative estimate of drug-likeness (QED) is 0.890. The third-order valence-corrected chi connectivity index (χ3v) is 3.73. The summed E-state index contributed by atoms with van der Waals surface area (Å²) in [6.07, 6.45) is 2.97. The molecule has 5 nitrogen and oxygen atoms in total. The average molecular weight is 296 g/mol. The maximum Gasteiger partial charge on any atom is 0.244 e. The van der Waals surface area contributed by atoms with Gasteiger partial charge in [0.2, 0.25) is 11.8 Å². The van der Waals surface area contributed by atoms with Gasteiger partial charge in [0.1, 0.15) is 0 Å². The van der Waals surface area contributed by atoms with Crippen molar-refractivity contribution >= 4 is 35.6 Å². The van der Waals surface area contributed by atoms with E-state index in [0.29, 0.717) is 12.1 Å². The molecule has 0 bridgehead atoms. The normalized spacial score (nSPS) is 19.4. The molecule has 0 spiro atoms. The van der Waals surface area contributed by atoms with E-state index < -0.39 is 5.54 Å². The summed E-state index contributed by atoms with van der Waals surface area (Å²) in [5, 5.41) is 2.82. The van der Waals surface area contributed by atoms with Crippen molar-refractivity contribution in [3.8, 4) is 0 Å². The number of halogens is 1. The fourth-order valence-electron chi connectivity index (χ4n) is 2.29. The van der Waals surface area contributed by atoms with Gasteiger partial charge in [-0.25, -0.2) is 0 Å². The van der Waals surface area contributed by atoms with Crippen LogP contribution in [-0.2, 0) is 9.59 Å². The lowest BCUT2D eigenvalue weighted by Gasteiger charge is -2.17. The number of amides is 2. The first-order valence-corrected chi connectivity index (χ1v) is 6.59. The Labute approximate surface area is 123 Å². The van der Waals surface area contributed by atoms with Crippen LogP contribution in [-0.4, -0.2) is 23.9 Å². The van der Waals surface area contributed by atoms with E-state index in [9.17, 15) is 9.59 Å². The molecule has 6 heteroatoms. The lowest BCUT2D eigenvalue weighted by atomic mass is 10.2. The highest BCUT2D eigenvalue weighted by molar-refractivity contribution is 6.01. The van der Waals surface area contributed by atoms with Crippen LogP contribution in [0.1, 0.15) is 25.7 Å². The maximum atomic E-state index is 11.9. The number of hydrogen-bond donors (Lipinski definition) is 2. The second kappa shape index (κ2) is 5.42. The fourth-order valence-corrected chi connectivity index (χ4v) is 2.29. The minimum absolute atomic E-state index is 0. The number of rotatable bonds is 3. The van der Waals surface area contributed by atoms with Crippen LogP contribution in [0.5, 0.6) is 0 Å². The Balaban J connectivity index is 0.00000147. The number of hydrogen-bond acceptors (Lipinski definition) is 3. The smallest absolute Gasteiger partial charge is 0.244 e. The highest BCUT2D eigenvalue weighted by Gasteiger charge is 2.45. The summed E-state index contributed by atoms with van der Waals surface area (Å²) in [4.78, 5) is 25.3. The average Bonchev–Trinajstić information content (AvgIpc) is 3.00. The van der Waals surface area contributed by atoms with Gasteiger partial charge >= 0.3 is 0 Å². The number of nitrogens with two attached hydrogens (primary N) is 1. The van der Waals surface area contributed by atoms with Crippen molar-refractivity contribution in [3.63, 3.8) is 0 Å². The summed E-state index contributed by atoms with van der Waals surface area (Å²) in [5.41, 5.74) is 6.69. The SMILES string of the molecule is Cl.NC1(C(=O)Nc2cccc(N3CCCC3=O)c2)CC1. The second-order valence-corrected chi connectivity index (χ2v) is 5.31. The molecule has 0 unspecified atom stereocenters. The first kappa shape index (κ1) is 14.8. The molecule has 1 aromatic rings. The van der Waals surface area contributed by atoms with E-state index in [2.05, 4.69) is 5.32 Å². The zero-order chi connectivity index (χ0) is 13.5. The molecule has 2 fully saturated rings. The number of benzene rings is 1. The van der Waals surface area contributed by atoms with E-state index in [1.807, 2.05) is 24.3 Å². The molecular weight excluding hydrogens is 278 g/mol. The van der Waals surface area contributed by atoms with Gasteiger partial charge in [0, 0.05) is 24.3 Å². The Bertz CT molecular complexity index is 543. The number of nitrogens with zero attached hydrogens (tertiary/aromatic N) is 1. The largest absolute Gasteiger partial charge is 0.324 e.